The zero-order valence-electron chi connectivity index (χ0n) is 14.3. The van der Waals surface area contributed by atoms with E-state index in [4.69, 9.17) is 0 Å². The molecule has 7 nitrogen and oxygen atoms in total. The average Bonchev–Trinajstić information content (AvgIpc) is 3.03. The van der Waals surface area contributed by atoms with E-state index in [2.05, 4.69) is 15.1 Å². The van der Waals surface area contributed by atoms with Crippen LogP contribution >= 0.6 is 0 Å². The largest absolute Gasteiger partial charge is 0.347 e. The van der Waals surface area contributed by atoms with Crippen molar-refractivity contribution in [3.05, 3.63) is 42.9 Å². The number of hydrogen-bond acceptors (Lipinski definition) is 5. The fourth-order valence-corrected chi connectivity index (χ4v) is 3.46. The Bertz CT molecular complexity index is 906. The lowest BCUT2D eigenvalue weighted by Crippen LogP contribution is -2.51. The summed E-state index contributed by atoms with van der Waals surface area (Å²) in [6, 6.07) is 9.59. The molecule has 0 radical (unpaired) electrons. The van der Waals surface area contributed by atoms with Gasteiger partial charge in [0.05, 0.1) is 11.6 Å². The molecule has 3 heterocycles. The van der Waals surface area contributed by atoms with E-state index in [0.717, 1.165) is 41.9 Å². The summed E-state index contributed by atoms with van der Waals surface area (Å²) >= 11 is 0. The van der Waals surface area contributed by atoms with E-state index in [1.807, 2.05) is 54.2 Å². The van der Waals surface area contributed by atoms with E-state index in [0.29, 0.717) is 0 Å². The van der Waals surface area contributed by atoms with Crippen LogP contribution in [-0.2, 0) is 11.8 Å². The van der Waals surface area contributed by atoms with Crippen LogP contribution in [0.1, 0.15) is 12.8 Å². The van der Waals surface area contributed by atoms with Gasteiger partial charge in [-0.3, -0.25) is 9.48 Å². The molecule has 2 aromatic heterocycles. The van der Waals surface area contributed by atoms with E-state index in [-0.39, 0.29) is 11.9 Å². The Labute approximate surface area is 145 Å². The Morgan fingerprint density at radius 1 is 1.20 bits per heavy atom. The van der Waals surface area contributed by atoms with Gasteiger partial charge in [-0.15, -0.1) is 0 Å². The summed E-state index contributed by atoms with van der Waals surface area (Å²) < 4.78 is 1.72. The first-order chi connectivity index (χ1) is 12.2. The van der Waals surface area contributed by atoms with E-state index >= 15 is 0 Å². The normalized spacial score (nSPS) is 17.9. The van der Waals surface area contributed by atoms with Gasteiger partial charge in [-0.05, 0) is 25.0 Å². The molecule has 1 atom stereocenters. The van der Waals surface area contributed by atoms with Gasteiger partial charge in [0.1, 0.15) is 18.2 Å². The first-order valence-corrected chi connectivity index (χ1v) is 8.39. The number of nitrogens with zero attached hydrogens (tertiary/aromatic N) is 6. The molecule has 1 aromatic carbocycles. The molecule has 4 rings (SSSR count). The lowest BCUT2D eigenvalue weighted by atomic mass is 10.0. The second-order valence-electron chi connectivity index (χ2n) is 6.30. The molecular weight excluding hydrogens is 316 g/mol. The van der Waals surface area contributed by atoms with Crippen molar-refractivity contribution >= 4 is 28.4 Å². The van der Waals surface area contributed by atoms with Crippen molar-refractivity contribution in [3.8, 4) is 0 Å². The fourth-order valence-electron chi connectivity index (χ4n) is 3.46. The van der Waals surface area contributed by atoms with Crippen LogP contribution in [0.5, 0.6) is 0 Å². The number of hydrogen-bond donors (Lipinski definition) is 0. The molecule has 1 fully saturated rings. The Balaban J connectivity index is 1.67. The molecule has 1 amide bonds. The van der Waals surface area contributed by atoms with E-state index in [9.17, 15) is 4.79 Å². The Hall–Kier alpha value is -2.96. The minimum Gasteiger partial charge on any atom is -0.347 e. The summed E-state index contributed by atoms with van der Waals surface area (Å²) in [5, 5.41) is 5.12. The van der Waals surface area contributed by atoms with Gasteiger partial charge in [0, 0.05) is 26.3 Å². The van der Waals surface area contributed by atoms with Gasteiger partial charge < -0.3 is 9.80 Å². The molecule has 0 N–H and O–H groups in total. The quantitative estimate of drug-likeness (QED) is 0.732. The highest BCUT2D eigenvalue weighted by Gasteiger charge is 2.33. The van der Waals surface area contributed by atoms with Crippen molar-refractivity contribution in [3.63, 3.8) is 0 Å². The van der Waals surface area contributed by atoms with Crippen LogP contribution in [0.15, 0.2) is 42.9 Å². The molecule has 1 aliphatic heterocycles. The van der Waals surface area contributed by atoms with Gasteiger partial charge in [-0.1, -0.05) is 18.2 Å². The monoisotopic (exact) mass is 336 g/mol. The highest BCUT2D eigenvalue weighted by Crippen LogP contribution is 2.28. The number of carbonyl (C=O) groups excluding carboxylic acids is 1. The second kappa shape index (κ2) is 6.16. The molecule has 1 aliphatic rings. The molecule has 7 heteroatoms. The van der Waals surface area contributed by atoms with Gasteiger partial charge in [0.25, 0.3) is 0 Å². The highest BCUT2D eigenvalue weighted by atomic mass is 16.2. The molecule has 1 saturated heterocycles. The number of anilines is 2. The molecule has 0 unspecified atom stereocenters. The molecule has 0 bridgehead atoms. The van der Waals surface area contributed by atoms with Crippen molar-refractivity contribution in [2.45, 2.75) is 18.9 Å². The van der Waals surface area contributed by atoms with Crippen molar-refractivity contribution in [1.82, 2.24) is 19.7 Å². The second-order valence-corrected chi connectivity index (χ2v) is 6.30. The number of carbonyl (C=O) groups is 1. The minimum absolute atomic E-state index is 0.107. The first-order valence-electron chi connectivity index (χ1n) is 8.39. The Morgan fingerprint density at radius 2 is 2.00 bits per heavy atom. The van der Waals surface area contributed by atoms with Gasteiger partial charge in [-0.25, -0.2) is 9.97 Å². The molecule has 0 spiro atoms. The number of rotatable bonds is 3. The van der Waals surface area contributed by atoms with Gasteiger partial charge in [0.2, 0.25) is 5.91 Å². The molecular formula is C18H20N6O. The smallest absolute Gasteiger partial charge is 0.249 e. The van der Waals surface area contributed by atoms with Crippen molar-refractivity contribution < 1.29 is 4.79 Å². The highest BCUT2D eigenvalue weighted by molar-refractivity contribution is 6.00. The maximum atomic E-state index is 13.1. The maximum absolute atomic E-state index is 13.1. The number of amides is 1. The number of aromatic nitrogens is 4. The van der Waals surface area contributed by atoms with E-state index < -0.39 is 0 Å². The van der Waals surface area contributed by atoms with Crippen LogP contribution in [0, 0.1) is 0 Å². The fraction of sp³-hybridized carbons (Fsp3) is 0.333. The summed E-state index contributed by atoms with van der Waals surface area (Å²) in [6.45, 7) is 0.749. The summed E-state index contributed by atoms with van der Waals surface area (Å²) in [6.07, 6.45) is 5.04. The summed E-state index contributed by atoms with van der Waals surface area (Å²) in [5.74, 6) is 0.849. The average molecular weight is 336 g/mol. The predicted molar refractivity (Wildman–Crippen MR) is 96.5 cm³/mol. The van der Waals surface area contributed by atoms with Crippen LogP contribution in [0.4, 0.5) is 11.5 Å². The minimum atomic E-state index is -0.243. The van der Waals surface area contributed by atoms with Crippen LogP contribution in [-0.4, -0.2) is 45.3 Å². The van der Waals surface area contributed by atoms with Crippen LogP contribution in [0.25, 0.3) is 11.0 Å². The number of aryl methyl sites for hydroxylation is 1. The van der Waals surface area contributed by atoms with Crippen molar-refractivity contribution in [2.24, 2.45) is 7.05 Å². The van der Waals surface area contributed by atoms with E-state index in [1.54, 1.807) is 10.9 Å². The van der Waals surface area contributed by atoms with Crippen LogP contribution in [0.2, 0.25) is 0 Å². The number of fused-ring (bicyclic) bond motifs is 1. The summed E-state index contributed by atoms with van der Waals surface area (Å²) in [5.41, 5.74) is 1.71. The van der Waals surface area contributed by atoms with Gasteiger partial charge >= 0.3 is 0 Å². The lowest BCUT2D eigenvalue weighted by Gasteiger charge is -2.37. The lowest BCUT2D eigenvalue weighted by molar-refractivity contribution is -0.120. The molecule has 0 aliphatic carbocycles. The Morgan fingerprint density at radius 3 is 2.80 bits per heavy atom. The Kier molecular flexibility index (Phi) is 3.83. The topological polar surface area (TPSA) is 67.2 Å². The SMILES string of the molecule is CN(c1ncnc2c1cnn2C)[C@H]1CCCN(c2ccccc2)C1=O. The summed E-state index contributed by atoms with van der Waals surface area (Å²) in [7, 11) is 3.77. The number of likely N-dealkylation sites (N-methyl/N-ethyl adjacent to an activating group) is 1. The molecule has 3 aromatic rings. The third kappa shape index (κ3) is 2.61. The number of piperidine rings is 1. The predicted octanol–water partition coefficient (Wildman–Crippen LogP) is 2.00. The molecule has 25 heavy (non-hydrogen) atoms. The zero-order chi connectivity index (χ0) is 17.4. The number of para-hydroxylation sites is 1. The third-order valence-electron chi connectivity index (χ3n) is 4.79. The maximum Gasteiger partial charge on any atom is 0.249 e. The van der Waals surface area contributed by atoms with Crippen molar-refractivity contribution in [2.75, 3.05) is 23.4 Å². The zero-order valence-corrected chi connectivity index (χ0v) is 14.3. The van der Waals surface area contributed by atoms with Crippen LogP contribution < -0.4 is 9.80 Å². The van der Waals surface area contributed by atoms with E-state index in [1.165, 1.54) is 6.33 Å². The van der Waals surface area contributed by atoms with Gasteiger partial charge in [-0.2, -0.15) is 5.10 Å². The standard InChI is InChI=1S/C18H20N6O/c1-22(16-14-11-21-23(2)17(14)20-12-19-16)15-9-6-10-24(18(15)25)13-7-4-3-5-8-13/h3-5,7-8,11-12,15H,6,9-10H2,1-2H3/t15-/m0/s1. The molecule has 128 valence electrons. The molecule has 0 saturated carbocycles. The van der Waals surface area contributed by atoms with Crippen molar-refractivity contribution in [1.29, 1.82) is 0 Å². The van der Waals surface area contributed by atoms with Crippen LogP contribution in [0.3, 0.4) is 0 Å². The van der Waals surface area contributed by atoms with Gasteiger partial charge in [0.15, 0.2) is 5.65 Å². The first kappa shape index (κ1) is 15.6. The summed E-state index contributed by atoms with van der Waals surface area (Å²) in [4.78, 5) is 25.6. The third-order valence-corrected chi connectivity index (χ3v) is 4.79. The number of benzene rings is 1.